The Labute approximate surface area is 153 Å². The molecule has 0 fully saturated rings. The molecule has 0 aliphatic carbocycles. The second-order valence-electron chi connectivity index (χ2n) is 6.27. The normalized spacial score (nSPS) is 11.0. The fourth-order valence-corrected chi connectivity index (χ4v) is 3.12. The number of hydrogen-bond acceptors (Lipinski definition) is 5. The predicted molar refractivity (Wildman–Crippen MR) is 102 cm³/mol. The van der Waals surface area contributed by atoms with E-state index in [0.717, 1.165) is 21.7 Å². The number of rotatable bonds is 4. The Morgan fingerprint density at radius 3 is 2.67 bits per heavy atom. The topological polar surface area (TPSA) is 82.6 Å². The summed E-state index contributed by atoms with van der Waals surface area (Å²) in [5.41, 5.74) is 1.27. The van der Waals surface area contributed by atoms with Crippen LogP contribution in [0.1, 0.15) is 11.1 Å². The summed E-state index contributed by atoms with van der Waals surface area (Å²) in [4.78, 5) is 22.8. The summed E-state index contributed by atoms with van der Waals surface area (Å²) >= 11 is 0. The van der Waals surface area contributed by atoms with Crippen molar-refractivity contribution in [1.82, 2.24) is 0 Å². The van der Waals surface area contributed by atoms with Gasteiger partial charge >= 0.3 is 11.3 Å². The number of hydrogen-bond donors (Lipinski definition) is 0. The molecule has 6 heteroatoms. The van der Waals surface area contributed by atoms with Crippen molar-refractivity contribution >= 4 is 27.4 Å². The quantitative estimate of drug-likeness (QED) is 0.227. The zero-order valence-electron chi connectivity index (χ0n) is 14.5. The number of aryl methyl sites for hydroxylation is 1. The summed E-state index contributed by atoms with van der Waals surface area (Å²) < 4.78 is 11.1. The molecule has 1 heterocycles. The highest BCUT2D eigenvalue weighted by atomic mass is 16.6. The highest BCUT2D eigenvalue weighted by Crippen LogP contribution is 2.30. The molecule has 27 heavy (non-hydrogen) atoms. The van der Waals surface area contributed by atoms with Gasteiger partial charge in [-0.3, -0.25) is 10.1 Å². The van der Waals surface area contributed by atoms with E-state index in [4.69, 9.17) is 9.15 Å². The number of nitrogens with zero attached hydrogens (tertiary/aromatic N) is 1. The number of nitro groups is 1. The third kappa shape index (κ3) is 3.13. The van der Waals surface area contributed by atoms with Crippen molar-refractivity contribution in [2.24, 2.45) is 0 Å². The first kappa shape index (κ1) is 16.8. The second-order valence-corrected chi connectivity index (χ2v) is 6.27. The maximum atomic E-state index is 12.0. The molecule has 0 amide bonds. The average Bonchev–Trinajstić information content (AvgIpc) is 2.66. The van der Waals surface area contributed by atoms with Gasteiger partial charge in [-0.05, 0) is 23.9 Å². The predicted octanol–water partition coefficient (Wildman–Crippen LogP) is 4.74. The van der Waals surface area contributed by atoms with Crippen LogP contribution in [0, 0.1) is 17.0 Å². The highest BCUT2D eigenvalue weighted by molar-refractivity contribution is 6.04. The van der Waals surface area contributed by atoms with Crippen LogP contribution in [0.2, 0.25) is 0 Å². The third-order valence-electron chi connectivity index (χ3n) is 4.41. The van der Waals surface area contributed by atoms with Crippen LogP contribution >= 0.6 is 0 Å². The molecule has 0 saturated heterocycles. The van der Waals surface area contributed by atoms with Crippen molar-refractivity contribution in [2.45, 2.75) is 13.5 Å². The summed E-state index contributed by atoms with van der Waals surface area (Å²) in [5, 5.41) is 13.8. The van der Waals surface area contributed by atoms with Gasteiger partial charge in [0.05, 0.1) is 4.92 Å². The molecular weight excluding hydrogens is 346 g/mol. The zero-order valence-corrected chi connectivity index (χ0v) is 14.5. The Bertz CT molecular complexity index is 1240. The molecule has 0 bridgehead atoms. The SMILES string of the molecule is Cc1ccc(OCc2cc(=O)oc3c2ccc2ccccc23)c([N+](=O)[O-])c1. The smallest absolute Gasteiger partial charge is 0.336 e. The van der Waals surface area contributed by atoms with Gasteiger partial charge in [-0.15, -0.1) is 0 Å². The molecular formula is C21H15NO5. The Morgan fingerprint density at radius 1 is 1.04 bits per heavy atom. The van der Waals surface area contributed by atoms with Gasteiger partial charge in [-0.25, -0.2) is 4.79 Å². The molecule has 4 rings (SSSR count). The Morgan fingerprint density at radius 2 is 1.85 bits per heavy atom. The summed E-state index contributed by atoms with van der Waals surface area (Å²) in [7, 11) is 0. The van der Waals surface area contributed by atoms with Crippen molar-refractivity contribution in [3.63, 3.8) is 0 Å². The summed E-state index contributed by atoms with van der Waals surface area (Å²) in [6, 6.07) is 17.5. The van der Waals surface area contributed by atoms with Crippen molar-refractivity contribution in [2.75, 3.05) is 0 Å². The highest BCUT2D eigenvalue weighted by Gasteiger charge is 2.16. The molecule has 0 atom stereocenters. The van der Waals surface area contributed by atoms with Crippen LogP contribution in [-0.2, 0) is 6.61 Å². The van der Waals surface area contributed by atoms with Gasteiger partial charge in [0.1, 0.15) is 12.2 Å². The standard InChI is InChI=1S/C21H15NO5/c1-13-6-9-19(18(10-13)22(24)25)26-12-15-11-20(23)27-21-16-5-3-2-4-14(16)7-8-17(15)21/h2-11H,12H2,1H3. The Hall–Kier alpha value is -3.67. The van der Waals surface area contributed by atoms with Gasteiger partial charge < -0.3 is 9.15 Å². The molecule has 0 aliphatic rings. The van der Waals surface area contributed by atoms with Gasteiger partial charge in [0.2, 0.25) is 0 Å². The fraction of sp³-hybridized carbons (Fsp3) is 0.0952. The lowest BCUT2D eigenvalue weighted by molar-refractivity contribution is -0.386. The molecule has 134 valence electrons. The van der Waals surface area contributed by atoms with Crippen molar-refractivity contribution in [3.8, 4) is 5.75 Å². The molecule has 3 aromatic carbocycles. The lowest BCUT2D eigenvalue weighted by atomic mass is 10.0. The fourth-order valence-electron chi connectivity index (χ4n) is 3.12. The molecule has 6 nitrogen and oxygen atoms in total. The number of benzene rings is 3. The van der Waals surface area contributed by atoms with Crippen molar-refractivity contribution in [3.05, 3.63) is 92.3 Å². The van der Waals surface area contributed by atoms with Crippen LogP contribution in [0.25, 0.3) is 21.7 Å². The lowest BCUT2D eigenvalue weighted by Gasteiger charge is -2.10. The Kier molecular flexibility index (Phi) is 4.08. The first-order valence-corrected chi connectivity index (χ1v) is 8.35. The van der Waals surface area contributed by atoms with E-state index in [1.165, 1.54) is 12.1 Å². The van der Waals surface area contributed by atoms with E-state index in [-0.39, 0.29) is 18.0 Å². The van der Waals surface area contributed by atoms with Crippen molar-refractivity contribution in [1.29, 1.82) is 0 Å². The van der Waals surface area contributed by atoms with Crippen LogP contribution in [0.15, 0.2) is 69.9 Å². The first-order valence-electron chi connectivity index (χ1n) is 8.35. The van der Waals surface area contributed by atoms with Gasteiger partial charge in [0, 0.05) is 28.5 Å². The van der Waals surface area contributed by atoms with Gasteiger partial charge in [0.25, 0.3) is 0 Å². The lowest BCUT2D eigenvalue weighted by Crippen LogP contribution is -2.05. The van der Waals surface area contributed by atoms with E-state index < -0.39 is 10.5 Å². The number of fused-ring (bicyclic) bond motifs is 3. The van der Waals surface area contributed by atoms with Crippen LogP contribution < -0.4 is 10.4 Å². The molecule has 0 spiro atoms. The number of ether oxygens (including phenoxy) is 1. The van der Waals surface area contributed by atoms with Crippen LogP contribution in [-0.4, -0.2) is 4.92 Å². The summed E-state index contributed by atoms with van der Waals surface area (Å²) in [6.45, 7) is 1.79. The molecule has 0 unspecified atom stereocenters. The minimum absolute atomic E-state index is 0.0182. The maximum absolute atomic E-state index is 12.0. The third-order valence-corrected chi connectivity index (χ3v) is 4.41. The average molecular weight is 361 g/mol. The largest absolute Gasteiger partial charge is 0.482 e. The van der Waals surface area contributed by atoms with Gasteiger partial charge in [-0.2, -0.15) is 0 Å². The Balaban J connectivity index is 1.78. The van der Waals surface area contributed by atoms with Crippen molar-refractivity contribution < 1.29 is 14.1 Å². The first-order chi connectivity index (χ1) is 13.0. The second kappa shape index (κ2) is 6.57. The van der Waals surface area contributed by atoms with Crippen LogP contribution in [0.3, 0.4) is 0 Å². The minimum Gasteiger partial charge on any atom is -0.482 e. The molecule has 0 saturated carbocycles. The van der Waals surface area contributed by atoms with E-state index in [0.29, 0.717) is 11.1 Å². The molecule has 0 radical (unpaired) electrons. The van der Waals surface area contributed by atoms with E-state index >= 15 is 0 Å². The minimum atomic E-state index is -0.490. The molecule has 0 aliphatic heterocycles. The van der Waals surface area contributed by atoms with E-state index in [2.05, 4.69) is 0 Å². The monoisotopic (exact) mass is 361 g/mol. The molecule has 4 aromatic rings. The van der Waals surface area contributed by atoms with Gasteiger partial charge in [-0.1, -0.05) is 42.5 Å². The van der Waals surface area contributed by atoms with E-state index in [1.54, 1.807) is 19.1 Å². The van der Waals surface area contributed by atoms with E-state index in [9.17, 15) is 14.9 Å². The van der Waals surface area contributed by atoms with Crippen LogP contribution in [0.4, 0.5) is 5.69 Å². The summed E-state index contributed by atoms with van der Waals surface area (Å²) in [6.07, 6.45) is 0. The molecule has 0 N–H and O–H groups in total. The number of nitro benzene ring substituents is 1. The van der Waals surface area contributed by atoms with Gasteiger partial charge in [0.15, 0.2) is 5.75 Å². The maximum Gasteiger partial charge on any atom is 0.336 e. The zero-order chi connectivity index (χ0) is 19.0. The summed E-state index contributed by atoms with van der Waals surface area (Å²) in [5.74, 6) is 0.160. The van der Waals surface area contributed by atoms with E-state index in [1.807, 2.05) is 36.4 Å². The van der Waals surface area contributed by atoms with Crippen LogP contribution in [0.5, 0.6) is 5.75 Å². The molecule has 1 aromatic heterocycles.